The largest absolute Gasteiger partial charge is 0.470 e. The second-order valence-corrected chi connectivity index (χ2v) is 16.4. The molecular weight excluding hydrogens is 516 g/mol. The van der Waals surface area contributed by atoms with Gasteiger partial charge in [-0.25, -0.2) is 0 Å². The molecule has 2 aliphatic carbocycles. The minimum absolute atomic E-state index is 0.0947. The van der Waals surface area contributed by atoms with Gasteiger partial charge in [0.1, 0.15) is 12.2 Å². The Hall–Kier alpha value is -2.98. The van der Waals surface area contributed by atoms with Crippen LogP contribution >= 0.6 is 11.8 Å². The van der Waals surface area contributed by atoms with Crippen molar-refractivity contribution in [2.75, 3.05) is 14.1 Å². The van der Waals surface area contributed by atoms with E-state index in [1.165, 1.54) is 11.8 Å². The fourth-order valence-electron chi connectivity index (χ4n) is 5.31. The number of carbonyl (C=O) groups excluding carboxylic acids is 2. The number of ketones is 2. The summed E-state index contributed by atoms with van der Waals surface area (Å²) in [5.41, 5.74) is -0.552. The van der Waals surface area contributed by atoms with Crippen LogP contribution in [0.2, 0.25) is 19.6 Å². The Morgan fingerprint density at radius 2 is 1.68 bits per heavy atom. The number of nitrogens with zero attached hydrogens (tertiary/aromatic N) is 2. The second kappa shape index (κ2) is 10.3. The first-order chi connectivity index (χ1) is 18.1. The standard InChI is InChI=1S/C29H32N2O5SSi/c1-31(2)24-21-16-17-22(37-20-14-10-7-11-15-20)26(32)29(21,36-38(3,4)5)27(33)23-25(24)35-30-28(23)34-18-19-12-8-6-9-13-19/h6-15,17,21,24H,16,18H2,1-5H3/t21-,24-,29-/m0/s1. The molecule has 9 heteroatoms. The van der Waals surface area contributed by atoms with Gasteiger partial charge >= 0.3 is 0 Å². The fourth-order valence-corrected chi connectivity index (χ4v) is 7.58. The van der Waals surface area contributed by atoms with E-state index in [-0.39, 0.29) is 23.8 Å². The number of carbonyl (C=O) groups is 2. The molecule has 38 heavy (non-hydrogen) atoms. The van der Waals surface area contributed by atoms with E-state index in [4.69, 9.17) is 13.7 Å². The third-order valence-corrected chi connectivity index (χ3v) is 8.77. The third kappa shape index (κ3) is 4.79. The highest BCUT2D eigenvalue weighted by Gasteiger charge is 2.65. The molecule has 0 amide bonds. The number of hydrogen-bond donors (Lipinski definition) is 0. The highest BCUT2D eigenvalue weighted by Crippen LogP contribution is 2.54. The van der Waals surface area contributed by atoms with Crippen molar-refractivity contribution >= 4 is 31.6 Å². The molecule has 0 aliphatic heterocycles. The number of rotatable bonds is 8. The van der Waals surface area contributed by atoms with Gasteiger partial charge in [-0.2, -0.15) is 0 Å². The van der Waals surface area contributed by atoms with Gasteiger partial charge < -0.3 is 13.7 Å². The summed E-state index contributed by atoms with van der Waals surface area (Å²) in [6, 6.07) is 18.9. The number of hydrogen-bond acceptors (Lipinski definition) is 8. The summed E-state index contributed by atoms with van der Waals surface area (Å²) >= 11 is 1.37. The van der Waals surface area contributed by atoms with Gasteiger partial charge in [0.2, 0.25) is 11.6 Å². The number of fused-ring (bicyclic) bond motifs is 2. The third-order valence-electron chi connectivity index (χ3n) is 6.75. The van der Waals surface area contributed by atoms with Crippen molar-refractivity contribution in [1.82, 2.24) is 10.1 Å². The van der Waals surface area contributed by atoms with E-state index in [2.05, 4.69) is 5.16 Å². The summed E-state index contributed by atoms with van der Waals surface area (Å²) in [6.45, 7) is 6.22. The van der Waals surface area contributed by atoms with Crippen LogP contribution in [0.3, 0.4) is 0 Å². The zero-order valence-corrected chi connectivity index (χ0v) is 24.1. The maximum atomic E-state index is 14.6. The lowest BCUT2D eigenvalue weighted by Crippen LogP contribution is -2.64. The van der Waals surface area contributed by atoms with E-state index in [1.807, 2.05) is 105 Å². The highest BCUT2D eigenvalue weighted by atomic mass is 32.2. The van der Waals surface area contributed by atoms with Crippen LogP contribution in [0.5, 0.6) is 5.88 Å². The topological polar surface area (TPSA) is 81.9 Å². The molecule has 3 atom stereocenters. The molecule has 0 saturated heterocycles. The molecule has 2 aliphatic rings. The number of allylic oxidation sites excluding steroid dienone is 1. The van der Waals surface area contributed by atoms with Gasteiger partial charge in [0.25, 0.3) is 5.88 Å². The van der Waals surface area contributed by atoms with Crippen LogP contribution in [0.4, 0.5) is 0 Å². The normalized spacial score (nSPS) is 23.2. The molecule has 0 saturated carbocycles. The Bertz CT molecular complexity index is 1370. The number of benzene rings is 2. The van der Waals surface area contributed by atoms with E-state index < -0.39 is 31.7 Å². The van der Waals surface area contributed by atoms with Crippen molar-refractivity contribution in [2.24, 2.45) is 5.92 Å². The number of Topliss-reactive ketones (excluding diaryl/α,β-unsaturated/α-hetero) is 2. The summed E-state index contributed by atoms with van der Waals surface area (Å²) in [5, 5.41) is 4.17. The summed E-state index contributed by atoms with van der Waals surface area (Å²) < 4.78 is 18.5. The molecule has 1 heterocycles. The Kier molecular flexibility index (Phi) is 7.21. The lowest BCUT2D eigenvalue weighted by molar-refractivity contribution is -0.135. The van der Waals surface area contributed by atoms with Gasteiger partial charge in [-0.3, -0.25) is 14.5 Å². The predicted octanol–water partition coefficient (Wildman–Crippen LogP) is 5.91. The molecule has 0 unspecified atom stereocenters. The summed E-state index contributed by atoms with van der Waals surface area (Å²) in [6.07, 6.45) is 2.43. The van der Waals surface area contributed by atoms with Crippen LogP contribution in [0.15, 0.2) is 81.1 Å². The Morgan fingerprint density at radius 1 is 1.03 bits per heavy atom. The smallest absolute Gasteiger partial charge is 0.265 e. The molecule has 0 N–H and O–H groups in total. The lowest BCUT2D eigenvalue weighted by atomic mass is 9.65. The Labute approximate surface area is 228 Å². The molecule has 2 aromatic carbocycles. The van der Waals surface area contributed by atoms with Gasteiger partial charge in [-0.05, 0) is 63.0 Å². The molecule has 1 aromatic heterocycles. The average molecular weight is 549 g/mol. The molecular formula is C29H32N2O5SSi. The molecule has 0 fully saturated rings. The van der Waals surface area contributed by atoms with E-state index in [0.29, 0.717) is 17.1 Å². The zero-order valence-electron chi connectivity index (χ0n) is 22.3. The van der Waals surface area contributed by atoms with Crippen molar-refractivity contribution in [1.29, 1.82) is 0 Å². The average Bonchev–Trinajstić information content (AvgIpc) is 3.30. The Balaban J connectivity index is 1.61. The zero-order chi connectivity index (χ0) is 27.1. The summed E-state index contributed by atoms with van der Waals surface area (Å²) in [4.78, 5) is 32.4. The molecule has 7 nitrogen and oxygen atoms in total. The number of aromatic nitrogens is 1. The van der Waals surface area contributed by atoms with Crippen molar-refractivity contribution in [3.63, 3.8) is 0 Å². The number of thioether (sulfide) groups is 1. The van der Waals surface area contributed by atoms with E-state index in [9.17, 15) is 9.59 Å². The summed E-state index contributed by atoms with van der Waals surface area (Å²) in [7, 11) is 1.42. The predicted molar refractivity (Wildman–Crippen MR) is 149 cm³/mol. The second-order valence-electron chi connectivity index (χ2n) is 10.8. The van der Waals surface area contributed by atoms with Crippen LogP contribution < -0.4 is 4.74 Å². The summed E-state index contributed by atoms with van der Waals surface area (Å²) in [5.74, 6) is -0.679. The van der Waals surface area contributed by atoms with Crippen LogP contribution in [-0.2, 0) is 15.8 Å². The molecule has 0 radical (unpaired) electrons. The van der Waals surface area contributed by atoms with Crippen LogP contribution in [-0.4, -0.2) is 49.6 Å². The molecule has 5 rings (SSSR count). The van der Waals surface area contributed by atoms with Crippen molar-refractivity contribution in [2.45, 2.75) is 49.2 Å². The first-order valence-corrected chi connectivity index (χ1v) is 16.9. The van der Waals surface area contributed by atoms with Crippen molar-refractivity contribution < 1.29 is 23.3 Å². The first-order valence-electron chi connectivity index (χ1n) is 12.7. The van der Waals surface area contributed by atoms with Gasteiger partial charge in [-0.15, -0.1) is 0 Å². The van der Waals surface area contributed by atoms with Gasteiger partial charge in [0.15, 0.2) is 19.7 Å². The Morgan fingerprint density at radius 3 is 2.32 bits per heavy atom. The van der Waals surface area contributed by atoms with E-state index >= 15 is 0 Å². The van der Waals surface area contributed by atoms with Crippen molar-refractivity contribution in [3.8, 4) is 5.88 Å². The van der Waals surface area contributed by atoms with Gasteiger partial charge in [0, 0.05) is 10.8 Å². The van der Waals surface area contributed by atoms with Crippen LogP contribution in [0, 0.1) is 5.92 Å². The SMILES string of the molecule is CN(C)[C@@H]1c2onc(OCc3ccccc3)c2C(=O)[C@@]2(O[Si](C)(C)C)C(=O)C(Sc3ccccc3)=CC[C@@H]12. The number of ether oxygens (including phenoxy) is 1. The van der Waals surface area contributed by atoms with Gasteiger partial charge in [0.05, 0.1) is 10.9 Å². The lowest BCUT2D eigenvalue weighted by Gasteiger charge is -2.50. The molecule has 0 spiro atoms. The van der Waals surface area contributed by atoms with Crippen LogP contribution in [0.25, 0.3) is 0 Å². The van der Waals surface area contributed by atoms with E-state index in [0.717, 1.165) is 10.5 Å². The van der Waals surface area contributed by atoms with Gasteiger partial charge in [-0.1, -0.05) is 66.4 Å². The minimum Gasteiger partial charge on any atom is -0.470 e. The van der Waals surface area contributed by atoms with Crippen LogP contribution in [0.1, 0.15) is 34.1 Å². The maximum absolute atomic E-state index is 14.6. The van der Waals surface area contributed by atoms with E-state index in [1.54, 1.807) is 0 Å². The van der Waals surface area contributed by atoms with Crippen molar-refractivity contribution in [3.05, 3.63) is 88.5 Å². The molecule has 0 bridgehead atoms. The quantitative estimate of drug-likeness (QED) is 0.254. The molecule has 3 aromatic rings. The first kappa shape index (κ1) is 26.6. The molecule has 198 valence electrons. The fraction of sp³-hybridized carbons (Fsp3) is 0.345. The monoisotopic (exact) mass is 548 g/mol. The highest BCUT2D eigenvalue weighted by molar-refractivity contribution is 8.04. The minimum atomic E-state index is -2.41. The maximum Gasteiger partial charge on any atom is 0.265 e.